The molecule has 1 amide bonds. The monoisotopic (exact) mass is 302 g/mol. The third-order valence-corrected chi connectivity index (χ3v) is 5.30. The van der Waals surface area contributed by atoms with E-state index in [1.807, 2.05) is 17.9 Å². The summed E-state index contributed by atoms with van der Waals surface area (Å²) in [5.74, 6) is -0.0344. The van der Waals surface area contributed by atoms with E-state index in [1.54, 1.807) is 0 Å². The van der Waals surface area contributed by atoms with Crippen molar-refractivity contribution in [3.63, 3.8) is 0 Å². The smallest absolute Gasteiger partial charge is 0.228 e. The second kappa shape index (κ2) is 6.39. The summed E-state index contributed by atoms with van der Waals surface area (Å²) in [6.07, 6.45) is 2.21. The fourth-order valence-electron chi connectivity index (χ4n) is 3.84. The average molecular weight is 302 g/mol. The summed E-state index contributed by atoms with van der Waals surface area (Å²) in [4.78, 5) is 16.6. The lowest BCUT2D eigenvalue weighted by molar-refractivity contribution is -0.142. The number of piperidine rings is 1. The van der Waals surface area contributed by atoms with E-state index in [2.05, 4.69) is 29.2 Å². The number of carbonyl (C=O) groups is 1. The Hall–Kier alpha value is -1.39. The van der Waals surface area contributed by atoms with Crippen LogP contribution in [0.4, 0.5) is 0 Å². The highest BCUT2D eigenvalue weighted by Crippen LogP contribution is 2.36. The van der Waals surface area contributed by atoms with Crippen LogP contribution in [-0.2, 0) is 11.3 Å². The minimum absolute atomic E-state index is 0.154. The van der Waals surface area contributed by atoms with E-state index in [9.17, 15) is 9.90 Å². The highest BCUT2D eigenvalue weighted by atomic mass is 16.3. The Morgan fingerprint density at radius 3 is 2.45 bits per heavy atom. The van der Waals surface area contributed by atoms with Gasteiger partial charge in [-0.1, -0.05) is 30.3 Å². The molecule has 2 fully saturated rings. The second-order valence-corrected chi connectivity index (χ2v) is 6.62. The summed E-state index contributed by atoms with van der Waals surface area (Å²) < 4.78 is 0. The molecule has 1 N–H and O–H groups in total. The molecule has 1 unspecified atom stereocenters. The van der Waals surface area contributed by atoms with Crippen molar-refractivity contribution < 1.29 is 9.90 Å². The lowest BCUT2D eigenvalue weighted by atomic mass is 9.78. The van der Waals surface area contributed by atoms with Crippen LogP contribution in [0.15, 0.2) is 30.3 Å². The third-order valence-electron chi connectivity index (χ3n) is 5.30. The number of nitrogens with zero attached hydrogens (tertiary/aromatic N) is 2. The molecule has 2 aliphatic rings. The summed E-state index contributed by atoms with van der Waals surface area (Å²) in [5.41, 5.74) is 0.510. The fraction of sp³-hybridized carbons (Fsp3) is 0.611. The Morgan fingerprint density at radius 1 is 1.18 bits per heavy atom. The van der Waals surface area contributed by atoms with Gasteiger partial charge in [-0.2, -0.15) is 0 Å². The van der Waals surface area contributed by atoms with Crippen LogP contribution in [0.1, 0.15) is 31.7 Å². The Morgan fingerprint density at radius 2 is 1.86 bits per heavy atom. The van der Waals surface area contributed by atoms with Crippen molar-refractivity contribution in [3.8, 4) is 0 Å². The molecule has 0 aliphatic carbocycles. The highest BCUT2D eigenvalue weighted by Gasteiger charge is 2.47. The number of hydrogen-bond acceptors (Lipinski definition) is 3. The molecule has 1 aromatic rings. The van der Waals surface area contributed by atoms with Gasteiger partial charge < -0.3 is 10.0 Å². The van der Waals surface area contributed by atoms with E-state index in [0.29, 0.717) is 12.8 Å². The highest BCUT2D eigenvalue weighted by molar-refractivity contribution is 5.82. The fourth-order valence-corrected chi connectivity index (χ4v) is 3.84. The molecule has 2 heterocycles. The van der Waals surface area contributed by atoms with Crippen molar-refractivity contribution in [2.45, 2.75) is 38.3 Å². The van der Waals surface area contributed by atoms with Gasteiger partial charge >= 0.3 is 0 Å². The molecule has 120 valence electrons. The minimum Gasteiger partial charge on any atom is -0.389 e. The Balaban J connectivity index is 1.58. The number of amides is 1. The molecule has 3 rings (SSSR count). The zero-order valence-corrected chi connectivity index (χ0v) is 13.4. The van der Waals surface area contributed by atoms with Crippen molar-refractivity contribution in [1.82, 2.24) is 9.80 Å². The van der Waals surface area contributed by atoms with Crippen LogP contribution >= 0.6 is 0 Å². The van der Waals surface area contributed by atoms with Gasteiger partial charge in [0, 0.05) is 32.7 Å². The van der Waals surface area contributed by atoms with Crippen LogP contribution < -0.4 is 0 Å². The van der Waals surface area contributed by atoms with Crippen LogP contribution in [0.25, 0.3) is 0 Å². The number of benzene rings is 1. The largest absolute Gasteiger partial charge is 0.389 e. The molecular weight excluding hydrogens is 276 g/mol. The van der Waals surface area contributed by atoms with Crippen LogP contribution in [0.5, 0.6) is 0 Å². The predicted octanol–water partition coefficient (Wildman–Crippen LogP) is 1.88. The molecule has 4 nitrogen and oxygen atoms in total. The van der Waals surface area contributed by atoms with E-state index in [4.69, 9.17) is 0 Å². The van der Waals surface area contributed by atoms with Crippen LogP contribution in [0.2, 0.25) is 0 Å². The van der Waals surface area contributed by atoms with Crippen LogP contribution in [-0.4, -0.2) is 52.6 Å². The second-order valence-electron chi connectivity index (χ2n) is 6.62. The molecule has 2 saturated heterocycles. The van der Waals surface area contributed by atoms with Crippen LogP contribution in [0, 0.1) is 5.92 Å². The molecule has 1 aromatic carbocycles. The normalized spacial score (nSPS) is 25.6. The van der Waals surface area contributed by atoms with E-state index < -0.39 is 5.60 Å². The van der Waals surface area contributed by atoms with Crippen molar-refractivity contribution in [1.29, 1.82) is 0 Å². The molecule has 0 radical (unpaired) electrons. The lowest BCUT2D eigenvalue weighted by Gasteiger charge is -2.41. The number of likely N-dealkylation sites (tertiary alicyclic amines) is 2. The van der Waals surface area contributed by atoms with Crippen molar-refractivity contribution >= 4 is 5.91 Å². The molecule has 0 saturated carbocycles. The maximum absolute atomic E-state index is 12.4. The number of aliphatic hydroxyl groups is 1. The number of carbonyl (C=O) groups excluding carboxylic acids is 1. The van der Waals surface area contributed by atoms with Gasteiger partial charge in [-0.25, -0.2) is 0 Å². The Bertz CT molecular complexity index is 509. The first-order chi connectivity index (χ1) is 10.6. The molecule has 1 atom stereocenters. The number of hydrogen-bond donors (Lipinski definition) is 1. The standard InChI is InChI=1S/C18H26N2O2/c1-2-20-11-8-16(17(20)21)18(22)9-12-19(13-10-18)14-15-6-4-3-5-7-15/h3-7,16,22H,2,8-14H2,1H3. The van der Waals surface area contributed by atoms with Crippen LogP contribution in [0.3, 0.4) is 0 Å². The minimum atomic E-state index is -0.797. The summed E-state index contributed by atoms with van der Waals surface area (Å²) in [7, 11) is 0. The maximum atomic E-state index is 12.4. The van der Waals surface area contributed by atoms with Gasteiger partial charge in [-0.3, -0.25) is 9.69 Å². The molecule has 0 spiro atoms. The summed E-state index contributed by atoms with van der Waals surface area (Å²) in [6, 6.07) is 10.4. The summed E-state index contributed by atoms with van der Waals surface area (Å²) in [5, 5.41) is 11.0. The average Bonchev–Trinajstić information content (AvgIpc) is 2.92. The Labute approximate surface area is 132 Å². The van der Waals surface area contributed by atoms with E-state index in [1.165, 1.54) is 5.56 Å². The van der Waals surface area contributed by atoms with Crippen molar-refractivity contribution in [2.75, 3.05) is 26.2 Å². The van der Waals surface area contributed by atoms with E-state index in [0.717, 1.165) is 39.1 Å². The van der Waals surface area contributed by atoms with Gasteiger partial charge in [0.25, 0.3) is 0 Å². The molecule has 0 bridgehead atoms. The predicted molar refractivity (Wildman–Crippen MR) is 86.3 cm³/mol. The van der Waals surface area contributed by atoms with Gasteiger partial charge in [0.1, 0.15) is 0 Å². The quantitative estimate of drug-likeness (QED) is 0.923. The first-order valence-corrected chi connectivity index (χ1v) is 8.40. The van der Waals surface area contributed by atoms with E-state index in [-0.39, 0.29) is 11.8 Å². The Kier molecular flexibility index (Phi) is 4.50. The lowest BCUT2D eigenvalue weighted by Crippen LogP contribution is -2.50. The van der Waals surface area contributed by atoms with Crippen molar-refractivity contribution in [3.05, 3.63) is 35.9 Å². The first kappa shape index (κ1) is 15.5. The zero-order valence-electron chi connectivity index (χ0n) is 13.4. The number of rotatable bonds is 4. The topological polar surface area (TPSA) is 43.8 Å². The SMILES string of the molecule is CCN1CCC(C2(O)CCN(Cc3ccccc3)CC2)C1=O. The third kappa shape index (κ3) is 3.03. The zero-order chi connectivity index (χ0) is 15.6. The summed E-state index contributed by atoms with van der Waals surface area (Å²) in [6.45, 7) is 6.22. The molecule has 0 aromatic heterocycles. The van der Waals surface area contributed by atoms with Crippen molar-refractivity contribution in [2.24, 2.45) is 5.92 Å². The molecule has 2 aliphatic heterocycles. The van der Waals surface area contributed by atoms with Gasteiger partial charge in [0.05, 0.1) is 11.5 Å². The van der Waals surface area contributed by atoms with Gasteiger partial charge in [-0.15, -0.1) is 0 Å². The van der Waals surface area contributed by atoms with Gasteiger partial charge in [-0.05, 0) is 31.7 Å². The molecule has 4 heteroatoms. The molecule has 22 heavy (non-hydrogen) atoms. The maximum Gasteiger partial charge on any atom is 0.228 e. The van der Waals surface area contributed by atoms with Gasteiger partial charge in [0.2, 0.25) is 5.91 Å². The van der Waals surface area contributed by atoms with E-state index >= 15 is 0 Å². The molecular formula is C18H26N2O2. The first-order valence-electron chi connectivity index (χ1n) is 8.40. The summed E-state index contributed by atoms with van der Waals surface area (Å²) >= 11 is 0. The van der Waals surface area contributed by atoms with Gasteiger partial charge in [0.15, 0.2) is 0 Å².